The van der Waals surface area contributed by atoms with Crippen molar-refractivity contribution in [3.63, 3.8) is 0 Å². The highest BCUT2D eigenvalue weighted by Crippen LogP contribution is 2.24. The van der Waals surface area contributed by atoms with Crippen molar-refractivity contribution < 1.29 is 14.3 Å². The third kappa shape index (κ3) is 3.35. The van der Waals surface area contributed by atoms with Gasteiger partial charge in [0.1, 0.15) is 5.56 Å². The highest BCUT2D eigenvalue weighted by atomic mass is 16.5. The van der Waals surface area contributed by atoms with Gasteiger partial charge in [-0.25, -0.2) is 9.50 Å². The molecule has 3 aromatic rings. The molecule has 2 aromatic heterocycles. The lowest BCUT2D eigenvalue weighted by Crippen LogP contribution is -2.40. The maximum Gasteiger partial charge on any atom is 0.309 e. The Morgan fingerprint density at radius 2 is 1.89 bits per heavy atom. The number of hydrogen-bond donors (Lipinski definition) is 0. The predicted molar refractivity (Wildman–Crippen MR) is 104 cm³/mol. The molecule has 1 aliphatic rings. The molecule has 1 saturated heterocycles. The topological polar surface area (TPSA) is 76.8 Å². The van der Waals surface area contributed by atoms with Gasteiger partial charge in [-0.2, -0.15) is 5.10 Å². The van der Waals surface area contributed by atoms with Crippen LogP contribution in [0.1, 0.15) is 30.1 Å². The number of amides is 1. The Morgan fingerprint density at radius 1 is 1.14 bits per heavy atom. The third-order valence-corrected chi connectivity index (χ3v) is 5.10. The number of hydrogen-bond acceptors (Lipinski definition) is 5. The first kappa shape index (κ1) is 18.2. The number of nitrogens with zero attached hydrogens (tertiary/aromatic N) is 4. The number of rotatable bonds is 4. The van der Waals surface area contributed by atoms with E-state index in [1.807, 2.05) is 36.4 Å². The average Bonchev–Trinajstić information content (AvgIpc) is 3.18. The lowest BCUT2D eigenvalue weighted by molar-refractivity contribution is -0.149. The van der Waals surface area contributed by atoms with Crippen LogP contribution >= 0.6 is 0 Å². The molecule has 1 aromatic carbocycles. The van der Waals surface area contributed by atoms with Crippen LogP contribution in [-0.2, 0) is 9.53 Å². The molecule has 0 bridgehead atoms. The lowest BCUT2D eigenvalue weighted by atomic mass is 9.96. The fourth-order valence-electron chi connectivity index (χ4n) is 3.62. The highest BCUT2D eigenvalue weighted by Gasteiger charge is 2.30. The van der Waals surface area contributed by atoms with Crippen molar-refractivity contribution >= 4 is 17.5 Å². The van der Waals surface area contributed by atoms with Gasteiger partial charge in [-0.3, -0.25) is 9.59 Å². The number of carbonyl (C=O) groups excluding carboxylic acids is 2. The van der Waals surface area contributed by atoms with Gasteiger partial charge in [-0.1, -0.05) is 30.3 Å². The van der Waals surface area contributed by atoms with E-state index in [1.165, 1.54) is 0 Å². The minimum absolute atomic E-state index is 0.102. The van der Waals surface area contributed by atoms with Crippen LogP contribution in [-0.4, -0.2) is 51.1 Å². The molecular weight excluding hydrogens is 356 g/mol. The molecule has 4 rings (SSSR count). The summed E-state index contributed by atoms with van der Waals surface area (Å²) < 4.78 is 6.80. The molecule has 144 valence electrons. The van der Waals surface area contributed by atoms with Crippen LogP contribution in [0.15, 0.2) is 48.8 Å². The van der Waals surface area contributed by atoms with E-state index in [1.54, 1.807) is 28.7 Å². The molecule has 0 spiro atoms. The van der Waals surface area contributed by atoms with E-state index >= 15 is 0 Å². The molecule has 0 atom stereocenters. The molecule has 1 amide bonds. The van der Waals surface area contributed by atoms with E-state index in [9.17, 15) is 9.59 Å². The summed E-state index contributed by atoms with van der Waals surface area (Å²) >= 11 is 0. The summed E-state index contributed by atoms with van der Waals surface area (Å²) in [6.07, 6.45) is 4.51. The molecule has 7 nitrogen and oxygen atoms in total. The molecule has 0 N–H and O–H groups in total. The number of piperidine rings is 1. The van der Waals surface area contributed by atoms with Crippen LogP contribution in [0.5, 0.6) is 0 Å². The van der Waals surface area contributed by atoms with Gasteiger partial charge < -0.3 is 9.64 Å². The van der Waals surface area contributed by atoms with Crippen molar-refractivity contribution in [2.45, 2.75) is 19.8 Å². The summed E-state index contributed by atoms with van der Waals surface area (Å²) in [5.74, 6) is -0.398. The van der Waals surface area contributed by atoms with Gasteiger partial charge in [0.15, 0.2) is 5.65 Å². The number of carbonyl (C=O) groups is 2. The third-order valence-electron chi connectivity index (χ3n) is 5.10. The Kier molecular flexibility index (Phi) is 5.06. The number of likely N-dealkylation sites (tertiary alicyclic amines) is 1. The van der Waals surface area contributed by atoms with Crippen molar-refractivity contribution in [3.8, 4) is 11.3 Å². The Hall–Kier alpha value is -3.22. The molecule has 28 heavy (non-hydrogen) atoms. The van der Waals surface area contributed by atoms with Crippen LogP contribution < -0.4 is 0 Å². The second kappa shape index (κ2) is 7.80. The lowest BCUT2D eigenvalue weighted by Gasteiger charge is -2.30. The molecule has 7 heteroatoms. The zero-order chi connectivity index (χ0) is 19.5. The van der Waals surface area contributed by atoms with E-state index in [0.29, 0.717) is 43.7 Å². The van der Waals surface area contributed by atoms with Crippen molar-refractivity contribution in [1.29, 1.82) is 0 Å². The second-order valence-electron chi connectivity index (χ2n) is 6.81. The molecule has 0 radical (unpaired) electrons. The first-order valence-corrected chi connectivity index (χ1v) is 9.53. The van der Waals surface area contributed by atoms with Gasteiger partial charge in [0.05, 0.1) is 24.4 Å². The number of benzene rings is 1. The summed E-state index contributed by atoms with van der Waals surface area (Å²) in [6.45, 7) is 3.24. The van der Waals surface area contributed by atoms with Crippen molar-refractivity contribution in [1.82, 2.24) is 19.5 Å². The van der Waals surface area contributed by atoms with Crippen LogP contribution in [0.2, 0.25) is 0 Å². The minimum Gasteiger partial charge on any atom is -0.466 e. The first-order chi connectivity index (χ1) is 13.7. The molecule has 3 heterocycles. The van der Waals surface area contributed by atoms with Gasteiger partial charge in [0.25, 0.3) is 5.91 Å². The van der Waals surface area contributed by atoms with Crippen molar-refractivity contribution in [3.05, 3.63) is 54.4 Å². The second-order valence-corrected chi connectivity index (χ2v) is 6.81. The maximum atomic E-state index is 13.0. The number of aromatic nitrogens is 3. The Balaban J connectivity index is 1.56. The zero-order valence-electron chi connectivity index (χ0n) is 15.7. The van der Waals surface area contributed by atoms with Gasteiger partial charge in [-0.15, -0.1) is 0 Å². The summed E-state index contributed by atoms with van der Waals surface area (Å²) in [7, 11) is 0. The summed E-state index contributed by atoms with van der Waals surface area (Å²) in [5, 5.41) is 4.41. The molecule has 1 fully saturated rings. The largest absolute Gasteiger partial charge is 0.466 e. The highest BCUT2D eigenvalue weighted by molar-refractivity contribution is 6.00. The van der Waals surface area contributed by atoms with Gasteiger partial charge in [0, 0.05) is 24.8 Å². The zero-order valence-corrected chi connectivity index (χ0v) is 15.7. The summed E-state index contributed by atoms with van der Waals surface area (Å²) in [6, 6.07) is 11.8. The monoisotopic (exact) mass is 378 g/mol. The first-order valence-electron chi connectivity index (χ1n) is 9.53. The van der Waals surface area contributed by atoms with Gasteiger partial charge in [0.2, 0.25) is 0 Å². The molecule has 0 saturated carbocycles. The minimum atomic E-state index is -0.167. The Morgan fingerprint density at radius 3 is 2.61 bits per heavy atom. The standard InChI is InChI=1S/C21H22N4O3/c1-2-28-21(27)16-9-12-24(13-10-16)20(26)17-14-23-25-18(8-11-22-19(17)25)15-6-4-3-5-7-15/h3-8,11,14,16H,2,9-10,12-13H2,1H3. The summed E-state index contributed by atoms with van der Waals surface area (Å²) in [4.78, 5) is 31.1. The number of esters is 1. The summed E-state index contributed by atoms with van der Waals surface area (Å²) in [5.41, 5.74) is 2.91. The van der Waals surface area contributed by atoms with Crippen LogP contribution in [0.4, 0.5) is 0 Å². The van der Waals surface area contributed by atoms with E-state index in [-0.39, 0.29) is 17.8 Å². The van der Waals surface area contributed by atoms with Crippen LogP contribution in [0, 0.1) is 5.92 Å². The molecule has 1 aliphatic heterocycles. The SMILES string of the molecule is CCOC(=O)C1CCN(C(=O)c2cnn3c(-c4ccccc4)ccnc23)CC1. The fraction of sp³-hybridized carbons (Fsp3) is 0.333. The van der Waals surface area contributed by atoms with Crippen molar-refractivity contribution in [2.75, 3.05) is 19.7 Å². The molecule has 0 unspecified atom stereocenters. The predicted octanol–water partition coefficient (Wildman–Crippen LogP) is 2.81. The average molecular weight is 378 g/mol. The van der Waals surface area contributed by atoms with E-state index in [2.05, 4.69) is 10.1 Å². The van der Waals surface area contributed by atoms with Crippen LogP contribution in [0.3, 0.4) is 0 Å². The Bertz CT molecular complexity index is 991. The maximum absolute atomic E-state index is 13.0. The van der Waals surface area contributed by atoms with E-state index < -0.39 is 0 Å². The normalized spacial score (nSPS) is 15.0. The Labute approximate surface area is 162 Å². The van der Waals surface area contributed by atoms with Crippen molar-refractivity contribution in [2.24, 2.45) is 5.92 Å². The number of ether oxygens (including phenoxy) is 1. The quantitative estimate of drug-likeness (QED) is 0.653. The molecule has 0 aliphatic carbocycles. The smallest absolute Gasteiger partial charge is 0.309 e. The van der Waals surface area contributed by atoms with Gasteiger partial charge in [-0.05, 0) is 25.8 Å². The fourth-order valence-corrected chi connectivity index (χ4v) is 3.62. The van der Waals surface area contributed by atoms with Crippen LogP contribution in [0.25, 0.3) is 16.9 Å². The number of fused-ring (bicyclic) bond motifs is 1. The van der Waals surface area contributed by atoms with E-state index in [4.69, 9.17) is 4.74 Å². The van der Waals surface area contributed by atoms with E-state index in [0.717, 1.165) is 11.3 Å². The molecular formula is C21H22N4O3. The van der Waals surface area contributed by atoms with Gasteiger partial charge >= 0.3 is 5.97 Å².